The fourth-order valence-electron chi connectivity index (χ4n) is 8.98. The minimum atomic E-state index is -2.03. The molecule has 8 heteroatoms. The Morgan fingerprint density at radius 3 is 2.13 bits per heavy atom. The third-order valence-corrected chi connectivity index (χ3v) is 24.0. The minimum absolute atomic E-state index is 0.0280. The SMILES string of the molecule is CN(C)C(=O)CCOC[C@H]1CC[C@H]2[C@@H]3C(Br)C=C4C[C@@H](O[Si](C)(C)C(C)(C)C)C[C@H](O[Si](C)(C)C(C)(C)C)[C@]4(C)[C@H]3CC[C@]12C. The molecular formula is C37H68BrNO4Si2. The molecule has 1 amide bonds. The van der Waals surface area contributed by atoms with E-state index in [-0.39, 0.29) is 39.0 Å². The molecule has 4 aliphatic rings. The van der Waals surface area contributed by atoms with Crippen molar-refractivity contribution in [3.63, 3.8) is 0 Å². The van der Waals surface area contributed by atoms with Crippen molar-refractivity contribution in [1.29, 1.82) is 0 Å². The van der Waals surface area contributed by atoms with Crippen molar-refractivity contribution >= 4 is 38.5 Å². The fraction of sp³-hybridized carbons (Fsp3) is 0.919. The maximum absolute atomic E-state index is 12.1. The standard InChI is InChI=1S/C37H68BrNO4Si2/c1-34(2,3)44(11,12)42-27-21-26-22-30(38)33-28-16-15-25(24-41-20-18-32(40)39(9)10)36(28,7)19-17-29(33)37(26,8)31(23-27)43-45(13,14)35(4,5)6/h22,25,27-31,33H,15-21,23-24H2,1-14H3/t25-,27-,28+,29+,30?,31+,33+,36-,37+/m1/s1. The van der Waals surface area contributed by atoms with Crippen LogP contribution in [0.25, 0.3) is 0 Å². The van der Waals surface area contributed by atoms with Gasteiger partial charge in [-0.25, -0.2) is 0 Å². The Bertz CT molecular complexity index is 1110. The zero-order valence-electron chi connectivity index (χ0n) is 31.4. The van der Waals surface area contributed by atoms with Crippen molar-refractivity contribution in [3.05, 3.63) is 11.6 Å². The van der Waals surface area contributed by atoms with Gasteiger partial charge in [0.2, 0.25) is 5.91 Å². The van der Waals surface area contributed by atoms with Gasteiger partial charge in [-0.1, -0.05) is 83.0 Å². The molecule has 0 radical (unpaired) electrons. The molecule has 4 rings (SSSR count). The summed E-state index contributed by atoms with van der Waals surface area (Å²) in [5.41, 5.74) is 1.90. The van der Waals surface area contributed by atoms with Crippen LogP contribution in [0, 0.1) is 34.5 Å². The maximum Gasteiger partial charge on any atom is 0.224 e. The van der Waals surface area contributed by atoms with E-state index in [0.29, 0.717) is 41.5 Å². The van der Waals surface area contributed by atoms with Gasteiger partial charge in [-0.2, -0.15) is 0 Å². The van der Waals surface area contributed by atoms with Crippen LogP contribution in [0.1, 0.15) is 100 Å². The Hall–Kier alpha value is 0.00377. The summed E-state index contributed by atoms with van der Waals surface area (Å²) in [5.74, 6) is 2.57. The van der Waals surface area contributed by atoms with Crippen molar-refractivity contribution in [1.82, 2.24) is 4.90 Å². The van der Waals surface area contributed by atoms with E-state index < -0.39 is 16.6 Å². The van der Waals surface area contributed by atoms with Gasteiger partial charge in [0.15, 0.2) is 16.6 Å². The van der Waals surface area contributed by atoms with E-state index >= 15 is 0 Å². The second kappa shape index (κ2) is 13.0. The second-order valence-corrected chi connectivity index (χ2v) is 29.5. The average molecular weight is 727 g/mol. The average Bonchev–Trinajstić information content (AvgIpc) is 3.22. The Balaban J connectivity index is 1.62. The number of fused-ring (bicyclic) bond motifs is 5. The van der Waals surface area contributed by atoms with Gasteiger partial charge in [0, 0.05) is 30.9 Å². The van der Waals surface area contributed by atoms with E-state index in [4.69, 9.17) is 13.6 Å². The first-order valence-electron chi connectivity index (χ1n) is 17.9. The van der Waals surface area contributed by atoms with Crippen LogP contribution in [0.2, 0.25) is 36.3 Å². The van der Waals surface area contributed by atoms with E-state index in [1.807, 2.05) is 14.1 Å². The van der Waals surface area contributed by atoms with Crippen molar-refractivity contribution < 1.29 is 18.4 Å². The van der Waals surface area contributed by atoms with Crippen LogP contribution >= 0.6 is 15.9 Å². The smallest absolute Gasteiger partial charge is 0.224 e. The van der Waals surface area contributed by atoms with Crippen LogP contribution in [0.15, 0.2) is 11.6 Å². The number of carbonyl (C=O) groups is 1. The van der Waals surface area contributed by atoms with Crippen LogP contribution in [0.4, 0.5) is 0 Å². The summed E-state index contributed by atoms with van der Waals surface area (Å²) in [6.45, 7) is 30.4. The minimum Gasteiger partial charge on any atom is -0.414 e. The summed E-state index contributed by atoms with van der Waals surface area (Å²) in [4.78, 5) is 14.1. The Morgan fingerprint density at radius 1 is 0.956 bits per heavy atom. The molecule has 0 aliphatic heterocycles. The predicted molar refractivity (Wildman–Crippen MR) is 197 cm³/mol. The van der Waals surface area contributed by atoms with E-state index in [2.05, 4.69) is 104 Å². The van der Waals surface area contributed by atoms with E-state index in [1.54, 1.807) is 10.5 Å². The summed E-state index contributed by atoms with van der Waals surface area (Å²) in [5, 5.41) is 0.347. The molecule has 5 nitrogen and oxygen atoms in total. The van der Waals surface area contributed by atoms with Crippen LogP contribution < -0.4 is 0 Å². The highest BCUT2D eigenvalue weighted by Crippen LogP contribution is 2.68. The lowest BCUT2D eigenvalue weighted by atomic mass is 9.46. The number of amides is 1. The molecule has 1 unspecified atom stereocenters. The molecule has 4 aliphatic carbocycles. The molecule has 0 aromatic carbocycles. The zero-order valence-corrected chi connectivity index (χ0v) is 35.0. The molecule has 3 fully saturated rings. The molecule has 0 saturated heterocycles. The van der Waals surface area contributed by atoms with Crippen molar-refractivity contribution in [3.8, 4) is 0 Å². The van der Waals surface area contributed by atoms with Crippen LogP contribution in [0.3, 0.4) is 0 Å². The number of alkyl halides is 1. The molecule has 9 atom stereocenters. The van der Waals surface area contributed by atoms with Crippen molar-refractivity contribution in [2.75, 3.05) is 27.3 Å². The number of halogens is 1. The summed E-state index contributed by atoms with van der Waals surface area (Å²) in [7, 11) is -0.314. The molecule has 0 aromatic rings. The molecule has 0 N–H and O–H groups in total. The van der Waals surface area contributed by atoms with Gasteiger partial charge in [-0.05, 0) is 104 Å². The van der Waals surface area contributed by atoms with Gasteiger partial charge in [0.25, 0.3) is 0 Å². The van der Waals surface area contributed by atoms with Crippen molar-refractivity contribution in [2.45, 2.75) is 154 Å². The summed E-state index contributed by atoms with van der Waals surface area (Å²) < 4.78 is 21.0. The maximum atomic E-state index is 12.1. The normalized spacial score (nSPS) is 37.4. The first-order chi connectivity index (χ1) is 20.5. The highest BCUT2D eigenvalue weighted by Gasteiger charge is 2.63. The van der Waals surface area contributed by atoms with E-state index in [1.165, 1.54) is 25.7 Å². The lowest BCUT2D eigenvalue weighted by molar-refractivity contribution is -0.130. The molecule has 260 valence electrons. The predicted octanol–water partition coefficient (Wildman–Crippen LogP) is 9.82. The van der Waals surface area contributed by atoms with Gasteiger partial charge in [0.05, 0.1) is 25.2 Å². The fourth-order valence-corrected chi connectivity index (χ4v) is 12.8. The number of ether oxygens (including phenoxy) is 1. The van der Waals surface area contributed by atoms with E-state index in [0.717, 1.165) is 19.4 Å². The van der Waals surface area contributed by atoms with Gasteiger partial charge in [0.1, 0.15) is 0 Å². The lowest BCUT2D eigenvalue weighted by Gasteiger charge is -2.62. The summed E-state index contributed by atoms with van der Waals surface area (Å²) in [6.07, 6.45) is 10.5. The number of rotatable bonds is 9. The lowest BCUT2D eigenvalue weighted by Crippen LogP contribution is -2.61. The van der Waals surface area contributed by atoms with Gasteiger partial charge in [-0.3, -0.25) is 4.79 Å². The van der Waals surface area contributed by atoms with Gasteiger partial charge >= 0.3 is 0 Å². The Labute approximate surface area is 287 Å². The first-order valence-corrected chi connectivity index (χ1v) is 24.7. The van der Waals surface area contributed by atoms with Crippen LogP contribution in [-0.2, 0) is 18.4 Å². The highest BCUT2D eigenvalue weighted by atomic mass is 79.9. The number of hydrogen-bond donors (Lipinski definition) is 0. The zero-order chi connectivity index (χ0) is 34.0. The number of carbonyl (C=O) groups excluding carboxylic acids is 1. The third kappa shape index (κ3) is 7.18. The third-order valence-electron chi connectivity index (χ3n) is 14.1. The van der Waals surface area contributed by atoms with E-state index in [9.17, 15) is 4.79 Å². The van der Waals surface area contributed by atoms with Gasteiger partial charge < -0.3 is 18.5 Å². The van der Waals surface area contributed by atoms with Crippen molar-refractivity contribution in [2.24, 2.45) is 34.5 Å². The summed E-state index contributed by atoms with van der Waals surface area (Å²) in [6, 6.07) is 0. The number of nitrogens with zero attached hydrogens (tertiary/aromatic N) is 1. The molecule has 3 saturated carbocycles. The molecule has 0 aromatic heterocycles. The first kappa shape index (κ1) is 37.8. The van der Waals surface area contributed by atoms with Crippen LogP contribution in [-0.4, -0.2) is 71.8 Å². The topological polar surface area (TPSA) is 48.0 Å². The molecule has 45 heavy (non-hydrogen) atoms. The number of allylic oxidation sites excluding steroid dienone is 1. The monoisotopic (exact) mass is 725 g/mol. The highest BCUT2D eigenvalue weighted by molar-refractivity contribution is 9.09. The van der Waals surface area contributed by atoms with Crippen LogP contribution in [0.5, 0.6) is 0 Å². The quantitative estimate of drug-likeness (QED) is 0.103. The molecule has 0 heterocycles. The Morgan fingerprint density at radius 2 is 1.56 bits per heavy atom. The second-order valence-electron chi connectivity index (χ2n) is 18.9. The summed E-state index contributed by atoms with van der Waals surface area (Å²) >= 11 is 4.30. The number of hydrogen-bond acceptors (Lipinski definition) is 4. The molecule has 0 bridgehead atoms. The van der Waals surface area contributed by atoms with Gasteiger partial charge in [-0.15, -0.1) is 0 Å². The Kier molecular flexibility index (Phi) is 11.0. The molecule has 0 spiro atoms. The largest absolute Gasteiger partial charge is 0.414 e. The molecular weight excluding hydrogens is 658 g/mol.